The summed E-state index contributed by atoms with van der Waals surface area (Å²) < 4.78 is 4.66. The molecule has 1 aliphatic carbocycles. The van der Waals surface area contributed by atoms with Gasteiger partial charge in [-0.3, -0.25) is 4.79 Å². The Bertz CT molecular complexity index is 258. The molecule has 1 N–H and O–H groups in total. The van der Waals surface area contributed by atoms with Gasteiger partial charge >= 0.3 is 5.97 Å². The third-order valence-corrected chi connectivity index (χ3v) is 3.22. The number of carbonyl (C=O) groups is 2. The Morgan fingerprint density at radius 3 is 2.77 bits per heavy atom. The van der Waals surface area contributed by atoms with Gasteiger partial charge in [0.05, 0.1) is 7.11 Å². The van der Waals surface area contributed by atoms with Gasteiger partial charge in [0, 0.05) is 11.8 Å². The van der Waals surface area contributed by atoms with Gasteiger partial charge in [0.25, 0.3) is 0 Å². The highest BCUT2D eigenvalue weighted by Crippen LogP contribution is 2.49. The second kappa shape index (κ2) is 2.72. The smallest absolute Gasteiger partial charge is 0.328 e. The van der Waals surface area contributed by atoms with E-state index >= 15 is 0 Å². The lowest BCUT2D eigenvalue weighted by molar-refractivity contribution is -0.147. The molecule has 72 valence electrons. The molecule has 1 spiro atoms. The standard InChI is InChI=1S/C9H13NO3/c1-13-8(12)7-9(3-2-4-9)5-6(11)10-7/h7H,2-5H2,1H3,(H,10,11). The Balaban J connectivity index is 2.17. The van der Waals surface area contributed by atoms with Crippen LogP contribution in [0.3, 0.4) is 0 Å². The lowest BCUT2D eigenvalue weighted by Gasteiger charge is -2.40. The molecule has 1 saturated carbocycles. The molecule has 13 heavy (non-hydrogen) atoms. The molecule has 1 atom stereocenters. The number of methoxy groups -OCH3 is 1. The fraction of sp³-hybridized carbons (Fsp3) is 0.778. The highest BCUT2D eigenvalue weighted by Gasteiger charge is 2.54. The first-order chi connectivity index (χ1) is 6.18. The lowest BCUT2D eigenvalue weighted by Crippen LogP contribution is -2.47. The Morgan fingerprint density at radius 2 is 2.31 bits per heavy atom. The largest absolute Gasteiger partial charge is 0.467 e. The minimum absolute atomic E-state index is 0.0184. The summed E-state index contributed by atoms with van der Waals surface area (Å²) >= 11 is 0. The number of hydrogen-bond acceptors (Lipinski definition) is 3. The Morgan fingerprint density at radius 1 is 1.62 bits per heavy atom. The van der Waals surface area contributed by atoms with Gasteiger partial charge in [-0.15, -0.1) is 0 Å². The molecule has 0 bridgehead atoms. The van der Waals surface area contributed by atoms with Crippen molar-refractivity contribution in [1.82, 2.24) is 5.32 Å². The third kappa shape index (κ3) is 1.12. The minimum atomic E-state index is -0.390. The molecule has 4 nitrogen and oxygen atoms in total. The van der Waals surface area contributed by atoms with E-state index in [0.29, 0.717) is 6.42 Å². The van der Waals surface area contributed by atoms with Crippen molar-refractivity contribution in [2.45, 2.75) is 31.7 Å². The van der Waals surface area contributed by atoms with Crippen molar-refractivity contribution in [2.75, 3.05) is 7.11 Å². The van der Waals surface area contributed by atoms with Gasteiger partial charge in [-0.05, 0) is 12.8 Å². The first kappa shape index (κ1) is 8.53. The predicted molar refractivity (Wildman–Crippen MR) is 44.8 cm³/mol. The summed E-state index contributed by atoms with van der Waals surface area (Å²) in [5.41, 5.74) is -0.107. The molecule has 2 aliphatic rings. The summed E-state index contributed by atoms with van der Waals surface area (Å²) in [6, 6.07) is -0.390. The number of esters is 1. The van der Waals surface area contributed by atoms with E-state index in [2.05, 4.69) is 10.1 Å². The summed E-state index contributed by atoms with van der Waals surface area (Å²) in [6.45, 7) is 0. The van der Waals surface area contributed by atoms with Crippen LogP contribution in [-0.2, 0) is 14.3 Å². The summed E-state index contributed by atoms with van der Waals surface area (Å²) in [5.74, 6) is -0.319. The van der Waals surface area contributed by atoms with Crippen LogP contribution in [0.4, 0.5) is 0 Å². The second-order valence-electron chi connectivity index (χ2n) is 3.92. The zero-order valence-electron chi connectivity index (χ0n) is 7.63. The van der Waals surface area contributed by atoms with Crippen LogP contribution in [0, 0.1) is 5.41 Å². The Kier molecular flexibility index (Phi) is 1.78. The third-order valence-electron chi connectivity index (χ3n) is 3.22. The summed E-state index contributed by atoms with van der Waals surface area (Å²) in [7, 11) is 1.36. The van der Waals surface area contributed by atoms with Crippen molar-refractivity contribution in [3.05, 3.63) is 0 Å². The monoisotopic (exact) mass is 183 g/mol. The summed E-state index contributed by atoms with van der Waals surface area (Å²) in [6.07, 6.45) is 3.53. The van der Waals surface area contributed by atoms with Crippen LogP contribution in [0.15, 0.2) is 0 Å². The predicted octanol–water partition coefficient (Wildman–Crippen LogP) is 0.218. The molecule has 2 fully saturated rings. The van der Waals surface area contributed by atoms with Crippen molar-refractivity contribution >= 4 is 11.9 Å². The van der Waals surface area contributed by atoms with Crippen molar-refractivity contribution in [3.63, 3.8) is 0 Å². The fourth-order valence-corrected chi connectivity index (χ4v) is 2.31. The molecule has 4 heteroatoms. The molecule has 0 aromatic heterocycles. The van der Waals surface area contributed by atoms with Gasteiger partial charge in [-0.2, -0.15) is 0 Å². The minimum Gasteiger partial charge on any atom is -0.467 e. The summed E-state index contributed by atoms with van der Waals surface area (Å²) in [5, 5.41) is 2.68. The van der Waals surface area contributed by atoms with Crippen molar-refractivity contribution in [3.8, 4) is 0 Å². The summed E-state index contributed by atoms with van der Waals surface area (Å²) in [4.78, 5) is 22.5. The quantitative estimate of drug-likeness (QED) is 0.591. The molecule has 0 aromatic rings. The molecule has 1 heterocycles. The van der Waals surface area contributed by atoms with Crippen molar-refractivity contribution < 1.29 is 14.3 Å². The molecule has 1 unspecified atom stereocenters. The van der Waals surface area contributed by atoms with Gasteiger partial charge in [0.1, 0.15) is 6.04 Å². The van der Waals surface area contributed by atoms with Crippen LogP contribution in [0.25, 0.3) is 0 Å². The van der Waals surface area contributed by atoms with Crippen LogP contribution >= 0.6 is 0 Å². The van der Waals surface area contributed by atoms with Gasteiger partial charge in [-0.25, -0.2) is 4.79 Å². The highest BCUT2D eigenvalue weighted by molar-refractivity contribution is 5.90. The lowest BCUT2D eigenvalue weighted by atomic mass is 9.64. The number of amides is 1. The van der Waals surface area contributed by atoms with E-state index in [1.54, 1.807) is 0 Å². The maximum atomic E-state index is 11.3. The van der Waals surface area contributed by atoms with E-state index < -0.39 is 6.04 Å². The first-order valence-corrected chi connectivity index (χ1v) is 4.55. The van der Waals surface area contributed by atoms with Crippen molar-refractivity contribution in [2.24, 2.45) is 5.41 Å². The van der Waals surface area contributed by atoms with Gasteiger partial charge in [0.15, 0.2) is 0 Å². The van der Waals surface area contributed by atoms with Crippen LogP contribution in [0.2, 0.25) is 0 Å². The van der Waals surface area contributed by atoms with Crippen LogP contribution < -0.4 is 5.32 Å². The molecule has 1 saturated heterocycles. The van der Waals surface area contributed by atoms with E-state index in [1.165, 1.54) is 7.11 Å². The molecule has 0 aromatic carbocycles. The van der Waals surface area contributed by atoms with Gasteiger partial charge in [0.2, 0.25) is 5.91 Å². The van der Waals surface area contributed by atoms with E-state index in [0.717, 1.165) is 19.3 Å². The number of rotatable bonds is 1. The van der Waals surface area contributed by atoms with Crippen molar-refractivity contribution in [1.29, 1.82) is 0 Å². The van der Waals surface area contributed by atoms with Crippen LogP contribution in [-0.4, -0.2) is 25.0 Å². The zero-order valence-corrected chi connectivity index (χ0v) is 7.63. The van der Waals surface area contributed by atoms with E-state index in [1.807, 2.05) is 0 Å². The first-order valence-electron chi connectivity index (χ1n) is 4.55. The second-order valence-corrected chi connectivity index (χ2v) is 3.92. The van der Waals surface area contributed by atoms with Gasteiger partial charge in [-0.1, -0.05) is 6.42 Å². The maximum Gasteiger partial charge on any atom is 0.328 e. The van der Waals surface area contributed by atoms with Crippen LogP contribution in [0.1, 0.15) is 25.7 Å². The van der Waals surface area contributed by atoms with Crippen LogP contribution in [0.5, 0.6) is 0 Å². The van der Waals surface area contributed by atoms with E-state index in [-0.39, 0.29) is 17.3 Å². The SMILES string of the molecule is COC(=O)C1NC(=O)CC12CCC2. The molecular formula is C9H13NO3. The number of ether oxygens (including phenoxy) is 1. The average molecular weight is 183 g/mol. The zero-order chi connectivity index (χ0) is 9.47. The molecule has 2 rings (SSSR count). The van der Waals surface area contributed by atoms with E-state index in [4.69, 9.17) is 0 Å². The molecular weight excluding hydrogens is 170 g/mol. The maximum absolute atomic E-state index is 11.3. The molecule has 1 aliphatic heterocycles. The molecule has 0 radical (unpaired) electrons. The number of carbonyl (C=O) groups excluding carboxylic acids is 2. The fourth-order valence-electron chi connectivity index (χ4n) is 2.31. The number of nitrogens with one attached hydrogen (secondary N) is 1. The topological polar surface area (TPSA) is 55.4 Å². The van der Waals surface area contributed by atoms with Gasteiger partial charge < -0.3 is 10.1 Å². The Labute approximate surface area is 76.6 Å². The normalized spacial score (nSPS) is 29.6. The Hall–Kier alpha value is -1.06. The highest BCUT2D eigenvalue weighted by atomic mass is 16.5. The van der Waals surface area contributed by atoms with E-state index in [9.17, 15) is 9.59 Å². The molecule has 1 amide bonds. The number of hydrogen-bond donors (Lipinski definition) is 1. The average Bonchev–Trinajstić information content (AvgIpc) is 2.41.